The number of rotatable bonds is 5. The summed E-state index contributed by atoms with van der Waals surface area (Å²) < 4.78 is 19.7. The monoisotopic (exact) mass is 306 g/mol. The summed E-state index contributed by atoms with van der Waals surface area (Å²) in [6, 6.07) is 12.2. The van der Waals surface area contributed by atoms with Crippen molar-refractivity contribution >= 4 is 17.6 Å². The highest BCUT2D eigenvalue weighted by Gasteiger charge is 2.11. The molecule has 0 heterocycles. The van der Waals surface area contributed by atoms with Crippen LogP contribution < -0.4 is 10.5 Å². The summed E-state index contributed by atoms with van der Waals surface area (Å²) in [6.45, 7) is 0.0665. The standard InChI is InChI=1S/C15H15FN2O2S/c1-21-12-7-5-11(6-8-12)20-9-10-3-2-4-13(14(10)16)15(17)18-19/h2-8,19H,9H2,1H3,(H2,17,18). The fourth-order valence-electron chi connectivity index (χ4n) is 1.78. The number of hydrogen-bond acceptors (Lipinski definition) is 4. The van der Waals surface area contributed by atoms with E-state index in [1.54, 1.807) is 23.9 Å². The van der Waals surface area contributed by atoms with Gasteiger partial charge in [-0.15, -0.1) is 11.8 Å². The number of hydrogen-bond donors (Lipinski definition) is 2. The van der Waals surface area contributed by atoms with Crippen LogP contribution in [0.3, 0.4) is 0 Å². The molecule has 2 rings (SSSR count). The summed E-state index contributed by atoms with van der Waals surface area (Å²) in [5.41, 5.74) is 5.81. The molecule has 0 unspecified atom stereocenters. The quantitative estimate of drug-likeness (QED) is 0.293. The Bertz CT molecular complexity index is 645. The van der Waals surface area contributed by atoms with Crippen LogP contribution in [0.25, 0.3) is 0 Å². The molecular weight excluding hydrogens is 291 g/mol. The zero-order valence-corrected chi connectivity index (χ0v) is 12.2. The van der Waals surface area contributed by atoms with Crippen molar-refractivity contribution in [1.29, 1.82) is 0 Å². The molecular formula is C15H15FN2O2S. The summed E-state index contributed by atoms with van der Waals surface area (Å²) in [5.74, 6) is -0.159. The van der Waals surface area contributed by atoms with E-state index in [0.29, 0.717) is 11.3 Å². The maximum Gasteiger partial charge on any atom is 0.173 e. The molecule has 21 heavy (non-hydrogen) atoms. The molecule has 2 aromatic carbocycles. The molecule has 0 aromatic heterocycles. The molecule has 4 nitrogen and oxygen atoms in total. The Hall–Kier alpha value is -2.21. The maximum atomic E-state index is 14.2. The molecule has 0 spiro atoms. The van der Waals surface area contributed by atoms with Gasteiger partial charge >= 0.3 is 0 Å². The largest absolute Gasteiger partial charge is 0.489 e. The van der Waals surface area contributed by atoms with Crippen molar-refractivity contribution < 1.29 is 14.3 Å². The molecule has 3 N–H and O–H groups in total. The lowest BCUT2D eigenvalue weighted by molar-refractivity contribution is 0.299. The third-order valence-corrected chi connectivity index (χ3v) is 3.66. The van der Waals surface area contributed by atoms with E-state index in [4.69, 9.17) is 15.7 Å². The van der Waals surface area contributed by atoms with Crippen molar-refractivity contribution in [2.45, 2.75) is 11.5 Å². The molecule has 0 saturated carbocycles. The number of amidine groups is 1. The second kappa shape index (κ2) is 6.99. The van der Waals surface area contributed by atoms with Gasteiger partial charge in [-0.25, -0.2) is 4.39 Å². The van der Waals surface area contributed by atoms with Gasteiger partial charge in [-0.2, -0.15) is 0 Å². The highest BCUT2D eigenvalue weighted by Crippen LogP contribution is 2.21. The Morgan fingerprint density at radius 1 is 1.29 bits per heavy atom. The first kappa shape index (κ1) is 15.2. The third kappa shape index (κ3) is 3.66. The lowest BCUT2D eigenvalue weighted by Gasteiger charge is -2.09. The zero-order valence-electron chi connectivity index (χ0n) is 11.4. The Balaban J connectivity index is 2.12. The summed E-state index contributed by atoms with van der Waals surface area (Å²) in [5, 5.41) is 11.4. The number of halogens is 1. The van der Waals surface area contributed by atoms with E-state index in [2.05, 4.69) is 5.16 Å². The second-order valence-corrected chi connectivity index (χ2v) is 5.11. The summed E-state index contributed by atoms with van der Waals surface area (Å²) in [4.78, 5) is 1.13. The van der Waals surface area contributed by atoms with E-state index in [1.807, 2.05) is 30.5 Å². The summed E-state index contributed by atoms with van der Waals surface area (Å²) in [6.07, 6.45) is 1.99. The second-order valence-electron chi connectivity index (χ2n) is 4.23. The van der Waals surface area contributed by atoms with Gasteiger partial charge in [0.1, 0.15) is 18.2 Å². The maximum absolute atomic E-state index is 14.2. The lowest BCUT2D eigenvalue weighted by atomic mass is 10.1. The van der Waals surface area contributed by atoms with E-state index >= 15 is 0 Å². The minimum atomic E-state index is -0.548. The van der Waals surface area contributed by atoms with Crippen molar-refractivity contribution in [3.05, 3.63) is 59.4 Å². The SMILES string of the molecule is CSc1ccc(OCc2cccc(/C(N)=N/O)c2F)cc1. The highest BCUT2D eigenvalue weighted by molar-refractivity contribution is 7.98. The third-order valence-electron chi connectivity index (χ3n) is 2.92. The van der Waals surface area contributed by atoms with Gasteiger partial charge in [-0.05, 0) is 36.6 Å². The minimum absolute atomic E-state index is 0.0522. The Morgan fingerprint density at radius 2 is 2.00 bits per heavy atom. The van der Waals surface area contributed by atoms with Crippen LogP contribution in [0.2, 0.25) is 0 Å². The highest BCUT2D eigenvalue weighted by atomic mass is 32.2. The molecule has 0 bridgehead atoms. The minimum Gasteiger partial charge on any atom is -0.489 e. The van der Waals surface area contributed by atoms with E-state index in [1.165, 1.54) is 6.07 Å². The van der Waals surface area contributed by atoms with Crippen LogP contribution in [0.5, 0.6) is 5.75 Å². The predicted molar refractivity (Wildman–Crippen MR) is 81.5 cm³/mol. The van der Waals surface area contributed by atoms with Gasteiger partial charge in [0.2, 0.25) is 0 Å². The van der Waals surface area contributed by atoms with Crippen molar-refractivity contribution in [3.63, 3.8) is 0 Å². The normalized spacial score (nSPS) is 11.4. The van der Waals surface area contributed by atoms with Gasteiger partial charge in [0, 0.05) is 10.5 Å². The molecule has 110 valence electrons. The van der Waals surface area contributed by atoms with Crippen LogP contribution in [-0.4, -0.2) is 17.3 Å². The molecule has 0 amide bonds. The van der Waals surface area contributed by atoms with Crippen LogP contribution in [0.4, 0.5) is 4.39 Å². The first-order valence-corrected chi connectivity index (χ1v) is 7.40. The molecule has 0 radical (unpaired) electrons. The van der Waals surface area contributed by atoms with Crippen LogP contribution in [0.1, 0.15) is 11.1 Å². The summed E-state index contributed by atoms with van der Waals surface area (Å²) >= 11 is 1.64. The Morgan fingerprint density at radius 3 is 2.62 bits per heavy atom. The fraction of sp³-hybridized carbons (Fsp3) is 0.133. The number of nitrogens with zero attached hydrogens (tertiary/aromatic N) is 1. The van der Waals surface area contributed by atoms with Gasteiger partial charge < -0.3 is 15.7 Å². The molecule has 0 aliphatic carbocycles. The van der Waals surface area contributed by atoms with Gasteiger partial charge in [0.05, 0.1) is 5.56 Å². The van der Waals surface area contributed by atoms with E-state index in [0.717, 1.165) is 4.90 Å². The smallest absolute Gasteiger partial charge is 0.173 e. The summed E-state index contributed by atoms with van der Waals surface area (Å²) in [7, 11) is 0. The van der Waals surface area contributed by atoms with Crippen LogP contribution in [0.15, 0.2) is 52.5 Å². The Kier molecular flexibility index (Phi) is 5.05. The molecule has 0 atom stereocenters. The average Bonchev–Trinajstić information content (AvgIpc) is 2.53. The first-order valence-electron chi connectivity index (χ1n) is 6.18. The molecule has 0 saturated heterocycles. The first-order chi connectivity index (χ1) is 10.2. The molecule has 0 aliphatic rings. The number of benzene rings is 2. The topological polar surface area (TPSA) is 67.8 Å². The lowest BCUT2D eigenvalue weighted by Crippen LogP contribution is -2.16. The van der Waals surface area contributed by atoms with Crippen LogP contribution >= 0.6 is 11.8 Å². The number of oxime groups is 1. The van der Waals surface area contributed by atoms with Crippen LogP contribution in [0, 0.1) is 5.82 Å². The molecule has 2 aromatic rings. The zero-order chi connectivity index (χ0) is 15.2. The van der Waals surface area contributed by atoms with Crippen molar-refractivity contribution in [3.8, 4) is 5.75 Å². The van der Waals surface area contributed by atoms with Gasteiger partial charge in [-0.3, -0.25) is 0 Å². The van der Waals surface area contributed by atoms with Gasteiger partial charge in [0.25, 0.3) is 0 Å². The van der Waals surface area contributed by atoms with E-state index < -0.39 is 5.82 Å². The molecule has 0 aliphatic heterocycles. The van der Waals surface area contributed by atoms with Crippen molar-refractivity contribution in [1.82, 2.24) is 0 Å². The van der Waals surface area contributed by atoms with Gasteiger partial charge in [-0.1, -0.05) is 17.3 Å². The number of thioether (sulfide) groups is 1. The van der Waals surface area contributed by atoms with Gasteiger partial charge in [0.15, 0.2) is 5.84 Å². The predicted octanol–water partition coefficient (Wildman–Crippen LogP) is 3.22. The van der Waals surface area contributed by atoms with Crippen LogP contribution in [-0.2, 0) is 6.61 Å². The Labute approximate surface area is 126 Å². The number of nitrogens with two attached hydrogens (primary N) is 1. The molecule has 0 fully saturated rings. The fourth-order valence-corrected chi connectivity index (χ4v) is 2.18. The average molecular weight is 306 g/mol. The van der Waals surface area contributed by atoms with E-state index in [-0.39, 0.29) is 18.0 Å². The number of ether oxygens (including phenoxy) is 1. The molecule has 6 heteroatoms. The van der Waals surface area contributed by atoms with E-state index in [9.17, 15) is 4.39 Å². The van der Waals surface area contributed by atoms with Crippen molar-refractivity contribution in [2.75, 3.05) is 6.26 Å². The van der Waals surface area contributed by atoms with Crippen molar-refractivity contribution in [2.24, 2.45) is 10.9 Å².